The molecule has 0 saturated heterocycles. The summed E-state index contributed by atoms with van der Waals surface area (Å²) in [5, 5.41) is 12.1. The van der Waals surface area contributed by atoms with Crippen molar-refractivity contribution < 1.29 is 0 Å². The normalized spacial score (nSPS) is 28.2. The van der Waals surface area contributed by atoms with Gasteiger partial charge in [0.15, 0.2) is 5.16 Å². The highest BCUT2D eigenvalue weighted by molar-refractivity contribution is 7.99. The van der Waals surface area contributed by atoms with Gasteiger partial charge < -0.3 is 5.32 Å². The molecule has 1 aliphatic rings. The molecule has 1 fully saturated rings. The molecule has 2 rings (SSSR count). The van der Waals surface area contributed by atoms with Crippen molar-refractivity contribution >= 4 is 11.8 Å². The summed E-state index contributed by atoms with van der Waals surface area (Å²) in [6.45, 7) is 7.95. The molecule has 2 N–H and O–H groups in total. The summed E-state index contributed by atoms with van der Waals surface area (Å²) in [6, 6.07) is 0.552. The average molecular weight is 254 g/mol. The second kappa shape index (κ2) is 5.40. The van der Waals surface area contributed by atoms with Crippen LogP contribution in [0.4, 0.5) is 0 Å². The van der Waals surface area contributed by atoms with Crippen molar-refractivity contribution in [2.24, 2.45) is 5.41 Å². The second-order valence-electron chi connectivity index (χ2n) is 5.36. The molecule has 0 radical (unpaired) electrons. The van der Waals surface area contributed by atoms with Gasteiger partial charge in [-0.3, -0.25) is 5.10 Å². The molecule has 1 aliphatic carbocycles. The van der Waals surface area contributed by atoms with Crippen molar-refractivity contribution in [3.8, 4) is 0 Å². The Labute approximate surface area is 107 Å². The van der Waals surface area contributed by atoms with Crippen LogP contribution in [0, 0.1) is 5.41 Å². The number of hydrogen-bond acceptors (Lipinski definition) is 4. The van der Waals surface area contributed by atoms with Gasteiger partial charge in [-0.2, -0.15) is 5.10 Å². The van der Waals surface area contributed by atoms with Crippen molar-refractivity contribution in [1.82, 2.24) is 20.5 Å². The molecule has 4 nitrogen and oxygen atoms in total. The van der Waals surface area contributed by atoms with E-state index in [0.29, 0.717) is 16.7 Å². The molecule has 0 aromatic carbocycles. The Morgan fingerprint density at radius 3 is 3.06 bits per heavy atom. The van der Waals surface area contributed by atoms with E-state index in [1.165, 1.54) is 19.3 Å². The third kappa shape index (κ3) is 3.01. The SMILES string of the molecule is CCNC1C(Sc2ncn[nH]2)CCCC1(C)C. The zero-order chi connectivity index (χ0) is 12.3. The lowest BCUT2D eigenvalue weighted by atomic mass is 9.73. The summed E-state index contributed by atoms with van der Waals surface area (Å²) in [7, 11) is 0. The van der Waals surface area contributed by atoms with Gasteiger partial charge in [-0.25, -0.2) is 4.98 Å². The zero-order valence-electron chi connectivity index (χ0n) is 10.9. The fourth-order valence-electron chi connectivity index (χ4n) is 2.73. The summed E-state index contributed by atoms with van der Waals surface area (Å²) in [6.07, 6.45) is 5.45. The molecule has 17 heavy (non-hydrogen) atoms. The van der Waals surface area contributed by atoms with Gasteiger partial charge in [0.25, 0.3) is 0 Å². The van der Waals surface area contributed by atoms with Gasteiger partial charge in [0.05, 0.1) is 0 Å². The van der Waals surface area contributed by atoms with Gasteiger partial charge in [-0.15, -0.1) is 0 Å². The molecule has 0 bridgehead atoms. The fraction of sp³-hybridized carbons (Fsp3) is 0.833. The van der Waals surface area contributed by atoms with Crippen LogP contribution in [0.1, 0.15) is 40.0 Å². The lowest BCUT2D eigenvalue weighted by molar-refractivity contribution is 0.176. The first-order valence-electron chi connectivity index (χ1n) is 6.39. The Bertz CT molecular complexity index is 336. The monoisotopic (exact) mass is 254 g/mol. The molecule has 1 heterocycles. The molecule has 1 aromatic heterocycles. The summed E-state index contributed by atoms with van der Waals surface area (Å²) in [5.41, 5.74) is 0.367. The summed E-state index contributed by atoms with van der Waals surface area (Å²) in [4.78, 5) is 4.22. The van der Waals surface area contributed by atoms with Crippen molar-refractivity contribution in [1.29, 1.82) is 0 Å². The zero-order valence-corrected chi connectivity index (χ0v) is 11.7. The van der Waals surface area contributed by atoms with Crippen molar-refractivity contribution in [2.45, 2.75) is 56.5 Å². The van der Waals surface area contributed by atoms with E-state index in [1.54, 1.807) is 6.33 Å². The standard InChI is InChI=1S/C12H22N4S/c1-4-13-10-9(6-5-7-12(10,2)3)17-11-14-8-15-16-11/h8-10,13H,4-7H2,1-3H3,(H,14,15,16). The highest BCUT2D eigenvalue weighted by atomic mass is 32.2. The van der Waals surface area contributed by atoms with E-state index < -0.39 is 0 Å². The molecular weight excluding hydrogens is 232 g/mol. The highest BCUT2D eigenvalue weighted by Crippen LogP contribution is 2.41. The predicted octanol–water partition coefficient (Wildman–Crippen LogP) is 2.45. The minimum atomic E-state index is 0.367. The minimum absolute atomic E-state index is 0.367. The summed E-state index contributed by atoms with van der Waals surface area (Å²) in [5.74, 6) is 0. The number of aromatic nitrogens is 3. The van der Waals surface area contributed by atoms with Crippen LogP contribution in [0.3, 0.4) is 0 Å². The Morgan fingerprint density at radius 2 is 2.41 bits per heavy atom. The highest BCUT2D eigenvalue weighted by Gasteiger charge is 2.39. The average Bonchev–Trinajstić information content (AvgIpc) is 2.75. The molecule has 2 unspecified atom stereocenters. The molecule has 2 atom stereocenters. The van der Waals surface area contributed by atoms with Crippen LogP contribution in [-0.4, -0.2) is 33.0 Å². The number of nitrogens with zero attached hydrogens (tertiary/aromatic N) is 2. The van der Waals surface area contributed by atoms with Crippen molar-refractivity contribution in [3.05, 3.63) is 6.33 Å². The molecule has 0 amide bonds. The number of H-pyrrole nitrogens is 1. The number of hydrogen-bond donors (Lipinski definition) is 2. The lowest BCUT2D eigenvalue weighted by Gasteiger charge is -2.44. The van der Waals surface area contributed by atoms with E-state index >= 15 is 0 Å². The van der Waals surface area contributed by atoms with Crippen LogP contribution in [0.15, 0.2) is 11.5 Å². The van der Waals surface area contributed by atoms with Gasteiger partial charge in [0.1, 0.15) is 6.33 Å². The molecule has 5 heteroatoms. The van der Waals surface area contributed by atoms with E-state index in [4.69, 9.17) is 0 Å². The van der Waals surface area contributed by atoms with Gasteiger partial charge in [-0.1, -0.05) is 39.0 Å². The maximum atomic E-state index is 4.22. The smallest absolute Gasteiger partial charge is 0.183 e. The van der Waals surface area contributed by atoms with Crippen LogP contribution >= 0.6 is 11.8 Å². The minimum Gasteiger partial charge on any atom is -0.313 e. The number of aromatic amines is 1. The Hall–Kier alpha value is -0.550. The van der Waals surface area contributed by atoms with Crippen LogP contribution in [0.2, 0.25) is 0 Å². The topological polar surface area (TPSA) is 53.6 Å². The molecular formula is C12H22N4S. The van der Waals surface area contributed by atoms with E-state index in [1.807, 2.05) is 11.8 Å². The molecule has 1 saturated carbocycles. The summed E-state index contributed by atoms with van der Waals surface area (Å²) < 4.78 is 0. The van der Waals surface area contributed by atoms with Crippen molar-refractivity contribution in [2.75, 3.05) is 6.54 Å². The molecule has 96 valence electrons. The predicted molar refractivity (Wildman–Crippen MR) is 71.1 cm³/mol. The van der Waals surface area contributed by atoms with E-state index in [0.717, 1.165) is 11.7 Å². The largest absolute Gasteiger partial charge is 0.313 e. The van der Waals surface area contributed by atoms with Crippen LogP contribution in [-0.2, 0) is 0 Å². The first kappa shape index (κ1) is 12.9. The quantitative estimate of drug-likeness (QED) is 0.866. The number of nitrogens with one attached hydrogen (secondary N) is 2. The fourth-order valence-corrected chi connectivity index (χ4v) is 4.12. The van der Waals surface area contributed by atoms with Gasteiger partial charge >= 0.3 is 0 Å². The first-order chi connectivity index (χ1) is 8.13. The van der Waals surface area contributed by atoms with Crippen LogP contribution < -0.4 is 5.32 Å². The van der Waals surface area contributed by atoms with Gasteiger partial charge in [-0.05, 0) is 24.8 Å². The van der Waals surface area contributed by atoms with Crippen LogP contribution in [0.25, 0.3) is 0 Å². The van der Waals surface area contributed by atoms with E-state index in [-0.39, 0.29) is 0 Å². The molecule has 1 aromatic rings. The maximum Gasteiger partial charge on any atom is 0.183 e. The third-order valence-electron chi connectivity index (χ3n) is 3.60. The van der Waals surface area contributed by atoms with E-state index in [9.17, 15) is 0 Å². The Morgan fingerprint density at radius 1 is 1.59 bits per heavy atom. The third-order valence-corrected chi connectivity index (χ3v) is 4.83. The summed E-state index contributed by atoms with van der Waals surface area (Å²) >= 11 is 1.83. The lowest BCUT2D eigenvalue weighted by Crippen LogP contribution is -2.51. The Kier molecular flexibility index (Phi) is 4.09. The Balaban J connectivity index is 2.07. The number of thioether (sulfide) groups is 1. The molecule has 0 spiro atoms. The van der Waals surface area contributed by atoms with Crippen LogP contribution in [0.5, 0.6) is 0 Å². The first-order valence-corrected chi connectivity index (χ1v) is 7.27. The van der Waals surface area contributed by atoms with Gasteiger partial charge in [0.2, 0.25) is 0 Å². The van der Waals surface area contributed by atoms with Crippen molar-refractivity contribution in [3.63, 3.8) is 0 Å². The second-order valence-corrected chi connectivity index (χ2v) is 6.59. The van der Waals surface area contributed by atoms with E-state index in [2.05, 4.69) is 41.3 Å². The number of rotatable bonds is 4. The van der Waals surface area contributed by atoms with Gasteiger partial charge in [0, 0.05) is 11.3 Å². The molecule has 0 aliphatic heterocycles. The maximum absolute atomic E-state index is 4.22.